The molecule has 94 valence electrons. The van der Waals surface area contributed by atoms with Crippen LogP contribution in [0, 0.1) is 11.8 Å². The first-order valence-corrected chi connectivity index (χ1v) is 7.29. The molecule has 0 aliphatic rings. The number of rotatable bonds is 5. The molecule has 0 aromatic carbocycles. The fourth-order valence-electron chi connectivity index (χ4n) is 1.04. The average Bonchev–Trinajstić information content (AvgIpc) is 2.75. The van der Waals surface area contributed by atoms with Crippen molar-refractivity contribution in [2.45, 2.75) is 13.0 Å². The molecule has 1 rings (SSSR count). The highest BCUT2D eigenvalue weighted by Crippen LogP contribution is 2.15. The van der Waals surface area contributed by atoms with Gasteiger partial charge in [0.2, 0.25) is 0 Å². The minimum atomic E-state index is -3.42. The first-order chi connectivity index (χ1) is 8.09. The van der Waals surface area contributed by atoms with Crippen LogP contribution in [0.25, 0.3) is 0 Å². The normalized spacial score (nSPS) is 10.9. The van der Waals surface area contributed by atoms with E-state index < -0.39 is 10.2 Å². The van der Waals surface area contributed by atoms with E-state index in [1.165, 1.54) is 18.4 Å². The van der Waals surface area contributed by atoms with E-state index in [4.69, 9.17) is 5.11 Å². The van der Waals surface area contributed by atoms with Crippen LogP contribution in [0.15, 0.2) is 11.4 Å². The molecule has 0 fully saturated rings. The summed E-state index contributed by atoms with van der Waals surface area (Å²) in [5.74, 6) is 5.70. The fourth-order valence-corrected chi connectivity index (χ4v) is 2.38. The Morgan fingerprint density at radius 1 is 1.53 bits per heavy atom. The zero-order valence-corrected chi connectivity index (χ0v) is 11.0. The summed E-state index contributed by atoms with van der Waals surface area (Å²) >= 11 is 1.44. The summed E-state index contributed by atoms with van der Waals surface area (Å²) < 4.78 is 26.9. The van der Waals surface area contributed by atoms with Gasteiger partial charge in [0.05, 0.1) is 6.61 Å². The number of thiophene rings is 1. The molecule has 0 unspecified atom stereocenters. The van der Waals surface area contributed by atoms with Crippen LogP contribution in [-0.2, 0) is 16.8 Å². The Morgan fingerprint density at radius 3 is 2.94 bits per heavy atom. The average molecular weight is 274 g/mol. The quantitative estimate of drug-likeness (QED) is 0.663. The minimum absolute atomic E-state index is 0.0266. The number of hydrogen-bond donors (Lipinski definition) is 3. The Morgan fingerprint density at radius 2 is 2.29 bits per heavy atom. The molecule has 17 heavy (non-hydrogen) atoms. The molecule has 3 N–H and O–H groups in total. The third-order valence-corrected chi connectivity index (χ3v) is 3.88. The predicted molar refractivity (Wildman–Crippen MR) is 67.7 cm³/mol. The lowest BCUT2D eigenvalue weighted by atomic mass is 10.2. The lowest BCUT2D eigenvalue weighted by Crippen LogP contribution is -2.33. The lowest BCUT2D eigenvalue weighted by Gasteiger charge is -2.03. The van der Waals surface area contributed by atoms with Gasteiger partial charge in [-0.2, -0.15) is 13.1 Å². The number of aliphatic hydroxyl groups is 1. The van der Waals surface area contributed by atoms with Gasteiger partial charge in [0.25, 0.3) is 10.2 Å². The third-order valence-electron chi connectivity index (χ3n) is 1.90. The fraction of sp³-hybridized carbons (Fsp3) is 0.400. The van der Waals surface area contributed by atoms with Gasteiger partial charge in [0.1, 0.15) is 0 Å². The van der Waals surface area contributed by atoms with Crippen LogP contribution < -0.4 is 9.44 Å². The monoisotopic (exact) mass is 274 g/mol. The molecule has 0 bridgehead atoms. The van der Waals surface area contributed by atoms with Crippen molar-refractivity contribution in [2.24, 2.45) is 0 Å². The van der Waals surface area contributed by atoms with Crippen LogP contribution in [0.5, 0.6) is 0 Å². The zero-order valence-electron chi connectivity index (χ0n) is 9.36. The van der Waals surface area contributed by atoms with Gasteiger partial charge >= 0.3 is 0 Å². The molecule has 0 aliphatic carbocycles. The Kier molecular flexibility index (Phi) is 5.61. The third kappa shape index (κ3) is 4.85. The van der Waals surface area contributed by atoms with Crippen LogP contribution in [0.1, 0.15) is 16.9 Å². The van der Waals surface area contributed by atoms with E-state index in [-0.39, 0.29) is 13.2 Å². The van der Waals surface area contributed by atoms with Crippen LogP contribution in [0.2, 0.25) is 0 Å². The number of hydrogen-bond acceptors (Lipinski definition) is 4. The number of nitrogens with one attached hydrogen (secondary N) is 2. The minimum Gasteiger partial charge on any atom is -0.395 e. The first-order valence-electron chi connectivity index (χ1n) is 4.93. The molecule has 0 saturated carbocycles. The van der Waals surface area contributed by atoms with E-state index in [1.54, 1.807) is 0 Å². The molecule has 1 aromatic rings. The second-order valence-electron chi connectivity index (χ2n) is 3.06. The molecule has 1 heterocycles. The molecule has 0 aliphatic heterocycles. The summed E-state index contributed by atoms with van der Waals surface area (Å²) in [7, 11) is -2.07. The van der Waals surface area contributed by atoms with Gasteiger partial charge in [-0.3, -0.25) is 0 Å². The van der Waals surface area contributed by atoms with E-state index in [9.17, 15) is 8.42 Å². The molecule has 5 nitrogen and oxygen atoms in total. The van der Waals surface area contributed by atoms with Crippen LogP contribution >= 0.6 is 11.3 Å². The summed E-state index contributed by atoms with van der Waals surface area (Å²) in [6.45, 7) is 0.239. The van der Waals surface area contributed by atoms with Gasteiger partial charge in [-0.1, -0.05) is 11.8 Å². The number of aliphatic hydroxyl groups excluding tert-OH is 1. The van der Waals surface area contributed by atoms with Gasteiger partial charge in [0, 0.05) is 30.5 Å². The van der Waals surface area contributed by atoms with Crippen LogP contribution in [0.4, 0.5) is 0 Å². The molecule has 0 amide bonds. The molecule has 0 saturated heterocycles. The van der Waals surface area contributed by atoms with Crippen molar-refractivity contribution in [1.82, 2.24) is 9.44 Å². The van der Waals surface area contributed by atoms with Crippen molar-refractivity contribution in [3.63, 3.8) is 0 Å². The highest BCUT2D eigenvalue weighted by molar-refractivity contribution is 7.87. The van der Waals surface area contributed by atoms with E-state index in [0.29, 0.717) is 6.42 Å². The summed E-state index contributed by atoms with van der Waals surface area (Å²) in [5, 5.41) is 10.5. The highest BCUT2D eigenvalue weighted by atomic mass is 32.2. The zero-order chi connectivity index (χ0) is 12.7. The smallest absolute Gasteiger partial charge is 0.276 e. The Balaban J connectivity index is 2.68. The van der Waals surface area contributed by atoms with Gasteiger partial charge in [0.15, 0.2) is 0 Å². The van der Waals surface area contributed by atoms with Crippen molar-refractivity contribution in [1.29, 1.82) is 0 Å². The maximum atomic E-state index is 11.2. The Hall–Kier alpha value is -0.910. The van der Waals surface area contributed by atoms with Crippen molar-refractivity contribution in [2.75, 3.05) is 13.7 Å². The summed E-state index contributed by atoms with van der Waals surface area (Å²) in [6, 6.07) is 1.83. The van der Waals surface area contributed by atoms with Crippen molar-refractivity contribution in [3.05, 3.63) is 21.9 Å². The standard InChI is InChI=1S/C10H14N2O3S2/c1-11-17(14,15)12-8-10-9(5-7-16-10)4-2-3-6-13/h5,7,11-13H,3,6,8H2,1H3. The van der Waals surface area contributed by atoms with E-state index >= 15 is 0 Å². The van der Waals surface area contributed by atoms with Crippen LogP contribution in [0.3, 0.4) is 0 Å². The summed E-state index contributed by atoms with van der Waals surface area (Å²) in [5.41, 5.74) is 0.794. The molecule has 1 aromatic heterocycles. The molecule has 0 atom stereocenters. The summed E-state index contributed by atoms with van der Waals surface area (Å²) in [4.78, 5) is 0.856. The predicted octanol–water partition coefficient (Wildman–Crippen LogP) is 0.0358. The second-order valence-corrected chi connectivity index (χ2v) is 5.77. The first kappa shape index (κ1) is 14.2. The SMILES string of the molecule is CNS(=O)(=O)NCc1sccc1C#CCCO. The molecular weight excluding hydrogens is 260 g/mol. The molecule has 7 heteroatoms. The van der Waals surface area contributed by atoms with E-state index in [2.05, 4.69) is 21.3 Å². The van der Waals surface area contributed by atoms with Crippen molar-refractivity contribution >= 4 is 21.5 Å². The van der Waals surface area contributed by atoms with Gasteiger partial charge in [-0.25, -0.2) is 4.72 Å². The van der Waals surface area contributed by atoms with Crippen LogP contribution in [-0.4, -0.2) is 27.2 Å². The Labute approximate surface area is 105 Å². The van der Waals surface area contributed by atoms with Crippen molar-refractivity contribution < 1.29 is 13.5 Å². The van der Waals surface area contributed by atoms with Crippen molar-refractivity contribution in [3.8, 4) is 11.8 Å². The Bertz CT molecular complexity index is 511. The molecule has 0 radical (unpaired) electrons. The lowest BCUT2D eigenvalue weighted by molar-refractivity contribution is 0.305. The van der Waals surface area contributed by atoms with Gasteiger partial charge < -0.3 is 5.11 Å². The maximum absolute atomic E-state index is 11.2. The van der Waals surface area contributed by atoms with Gasteiger partial charge in [-0.05, 0) is 11.4 Å². The topological polar surface area (TPSA) is 78.4 Å². The second kappa shape index (κ2) is 6.74. The molecule has 0 spiro atoms. The van der Waals surface area contributed by atoms with E-state index in [1.807, 2.05) is 11.4 Å². The summed E-state index contributed by atoms with van der Waals surface area (Å²) in [6.07, 6.45) is 0.414. The molecular formula is C10H14N2O3S2. The highest BCUT2D eigenvalue weighted by Gasteiger charge is 2.08. The van der Waals surface area contributed by atoms with Gasteiger partial charge in [-0.15, -0.1) is 11.3 Å². The van der Waals surface area contributed by atoms with E-state index in [0.717, 1.165) is 10.4 Å². The maximum Gasteiger partial charge on any atom is 0.276 e. The largest absolute Gasteiger partial charge is 0.395 e.